The van der Waals surface area contributed by atoms with E-state index in [1.165, 1.54) is 24.3 Å². The molecule has 10 heteroatoms. The lowest BCUT2D eigenvalue weighted by molar-refractivity contribution is 0.599. The SMILES string of the molecule is O=S(=O)(Cc1c(Cl)cccc1Cl)Nc1ccc(S(=O)(=O)Nc2cccc3ccccc23)cc1. The summed E-state index contributed by atoms with van der Waals surface area (Å²) in [6, 6.07) is 22.9. The molecular weight excluding hydrogens is 503 g/mol. The highest BCUT2D eigenvalue weighted by Gasteiger charge is 2.19. The molecule has 0 unspecified atom stereocenters. The molecule has 0 heterocycles. The summed E-state index contributed by atoms with van der Waals surface area (Å²) in [5.74, 6) is -0.422. The first-order valence-electron chi connectivity index (χ1n) is 9.69. The van der Waals surface area contributed by atoms with Crippen molar-refractivity contribution in [1.82, 2.24) is 0 Å². The van der Waals surface area contributed by atoms with E-state index in [-0.39, 0.29) is 26.2 Å². The van der Waals surface area contributed by atoms with Gasteiger partial charge in [-0.15, -0.1) is 0 Å². The van der Waals surface area contributed by atoms with Crippen molar-refractivity contribution < 1.29 is 16.8 Å². The van der Waals surface area contributed by atoms with Crippen LogP contribution >= 0.6 is 23.2 Å². The van der Waals surface area contributed by atoms with E-state index in [2.05, 4.69) is 9.44 Å². The number of anilines is 2. The topological polar surface area (TPSA) is 92.3 Å². The molecule has 0 spiro atoms. The first-order valence-corrected chi connectivity index (χ1v) is 13.6. The Bertz CT molecular complexity index is 1510. The van der Waals surface area contributed by atoms with E-state index < -0.39 is 25.8 Å². The van der Waals surface area contributed by atoms with Crippen LogP contribution in [0.3, 0.4) is 0 Å². The molecule has 0 aliphatic carbocycles. The van der Waals surface area contributed by atoms with Crippen molar-refractivity contribution in [3.05, 3.63) is 101 Å². The molecule has 4 aromatic carbocycles. The molecule has 0 fully saturated rings. The molecule has 2 N–H and O–H groups in total. The summed E-state index contributed by atoms with van der Waals surface area (Å²) in [5.41, 5.74) is 0.948. The standard InChI is InChI=1S/C23H18Cl2N2O4S2/c24-21-8-4-9-22(25)20(21)15-32(28,29)26-17-11-13-18(14-12-17)33(30,31)27-23-10-3-6-16-5-1-2-7-19(16)23/h1-14,26-27H,15H2. The van der Waals surface area contributed by atoms with Crippen molar-refractivity contribution >= 4 is 65.4 Å². The van der Waals surface area contributed by atoms with E-state index in [1.807, 2.05) is 30.3 Å². The average Bonchev–Trinajstić information content (AvgIpc) is 2.77. The van der Waals surface area contributed by atoms with Crippen LogP contribution in [0.4, 0.5) is 11.4 Å². The summed E-state index contributed by atoms with van der Waals surface area (Å²) in [7, 11) is -7.72. The molecule has 0 saturated heterocycles. The minimum Gasteiger partial charge on any atom is -0.283 e. The maximum atomic E-state index is 12.9. The summed E-state index contributed by atoms with van der Waals surface area (Å²) in [5, 5.41) is 2.16. The molecule has 33 heavy (non-hydrogen) atoms. The maximum Gasteiger partial charge on any atom is 0.261 e. The van der Waals surface area contributed by atoms with Gasteiger partial charge in [-0.25, -0.2) is 16.8 Å². The Balaban J connectivity index is 1.52. The van der Waals surface area contributed by atoms with Gasteiger partial charge in [0.2, 0.25) is 10.0 Å². The van der Waals surface area contributed by atoms with E-state index in [1.54, 1.807) is 30.3 Å². The monoisotopic (exact) mass is 520 g/mol. The van der Waals surface area contributed by atoms with Crippen molar-refractivity contribution in [2.45, 2.75) is 10.6 Å². The number of halogens is 2. The van der Waals surface area contributed by atoms with Gasteiger partial charge in [0, 0.05) is 26.7 Å². The Hall–Kier alpha value is -2.78. The smallest absolute Gasteiger partial charge is 0.261 e. The fourth-order valence-electron chi connectivity index (χ4n) is 3.30. The predicted molar refractivity (Wildman–Crippen MR) is 134 cm³/mol. The zero-order valence-electron chi connectivity index (χ0n) is 17.0. The minimum atomic E-state index is -3.89. The van der Waals surface area contributed by atoms with Crippen LogP contribution in [0.2, 0.25) is 10.0 Å². The van der Waals surface area contributed by atoms with Crippen LogP contribution in [0.1, 0.15) is 5.56 Å². The van der Waals surface area contributed by atoms with Crippen LogP contribution in [0.25, 0.3) is 10.8 Å². The number of rotatable bonds is 7. The van der Waals surface area contributed by atoms with Crippen LogP contribution in [-0.4, -0.2) is 16.8 Å². The predicted octanol–water partition coefficient (Wildman–Crippen LogP) is 5.89. The minimum absolute atomic E-state index is 0.00692. The van der Waals surface area contributed by atoms with Gasteiger partial charge in [-0.2, -0.15) is 0 Å². The summed E-state index contributed by atoms with van der Waals surface area (Å²) in [6.45, 7) is 0. The zero-order valence-corrected chi connectivity index (χ0v) is 20.1. The molecular formula is C23H18Cl2N2O4S2. The molecule has 0 aliphatic rings. The lowest BCUT2D eigenvalue weighted by atomic mass is 10.1. The third-order valence-corrected chi connectivity index (χ3v) is 8.17. The van der Waals surface area contributed by atoms with E-state index in [0.29, 0.717) is 5.69 Å². The fourth-order valence-corrected chi connectivity index (χ4v) is 6.32. The van der Waals surface area contributed by atoms with Crippen molar-refractivity contribution in [2.24, 2.45) is 0 Å². The van der Waals surface area contributed by atoms with Gasteiger partial charge in [0.05, 0.1) is 16.3 Å². The third kappa shape index (κ3) is 5.42. The van der Waals surface area contributed by atoms with Crippen LogP contribution in [0, 0.1) is 0 Å². The summed E-state index contributed by atoms with van der Waals surface area (Å²) in [4.78, 5) is -0.00692. The van der Waals surface area contributed by atoms with Gasteiger partial charge in [0.25, 0.3) is 10.0 Å². The van der Waals surface area contributed by atoms with Crippen LogP contribution in [0.5, 0.6) is 0 Å². The van der Waals surface area contributed by atoms with E-state index in [4.69, 9.17) is 23.2 Å². The van der Waals surface area contributed by atoms with E-state index >= 15 is 0 Å². The Kier molecular flexibility index (Phi) is 6.54. The van der Waals surface area contributed by atoms with Gasteiger partial charge >= 0.3 is 0 Å². The molecule has 0 saturated carbocycles. The molecule has 4 aromatic rings. The second kappa shape index (κ2) is 9.23. The number of benzene rings is 4. The molecule has 4 rings (SSSR count). The first-order chi connectivity index (χ1) is 15.6. The number of hydrogen-bond acceptors (Lipinski definition) is 4. The lowest BCUT2D eigenvalue weighted by Gasteiger charge is -2.13. The van der Waals surface area contributed by atoms with Crippen molar-refractivity contribution in [3.8, 4) is 0 Å². The van der Waals surface area contributed by atoms with Crippen LogP contribution in [0.15, 0.2) is 89.8 Å². The summed E-state index contributed by atoms with van der Waals surface area (Å²) in [6.07, 6.45) is 0. The van der Waals surface area contributed by atoms with Gasteiger partial charge in [-0.3, -0.25) is 9.44 Å². The van der Waals surface area contributed by atoms with Gasteiger partial charge in [-0.1, -0.05) is 65.7 Å². The largest absolute Gasteiger partial charge is 0.283 e. The second-order valence-corrected chi connectivity index (χ2v) is 11.4. The number of hydrogen-bond donors (Lipinski definition) is 2. The molecule has 6 nitrogen and oxygen atoms in total. The van der Waals surface area contributed by atoms with Gasteiger partial charge in [0.1, 0.15) is 0 Å². The molecule has 0 aliphatic heterocycles. The van der Waals surface area contributed by atoms with E-state index in [0.717, 1.165) is 10.8 Å². The summed E-state index contributed by atoms with van der Waals surface area (Å²) < 4.78 is 55.9. The van der Waals surface area contributed by atoms with Crippen molar-refractivity contribution in [3.63, 3.8) is 0 Å². The molecule has 0 amide bonds. The summed E-state index contributed by atoms with van der Waals surface area (Å²) >= 11 is 12.1. The highest BCUT2D eigenvalue weighted by atomic mass is 35.5. The van der Waals surface area contributed by atoms with Crippen molar-refractivity contribution in [2.75, 3.05) is 9.44 Å². The van der Waals surface area contributed by atoms with Crippen LogP contribution in [-0.2, 0) is 25.8 Å². The fraction of sp³-hybridized carbons (Fsp3) is 0.0435. The number of sulfonamides is 2. The molecule has 0 atom stereocenters. The first kappa shape index (κ1) is 23.4. The highest BCUT2D eigenvalue weighted by Crippen LogP contribution is 2.28. The highest BCUT2D eigenvalue weighted by molar-refractivity contribution is 7.92. The molecule has 0 radical (unpaired) electrons. The Labute approximate surface area is 202 Å². The Morgan fingerprint density at radius 2 is 1.27 bits per heavy atom. The molecule has 170 valence electrons. The van der Waals surface area contributed by atoms with Gasteiger partial charge in [0.15, 0.2) is 0 Å². The maximum absolute atomic E-state index is 12.9. The van der Waals surface area contributed by atoms with E-state index in [9.17, 15) is 16.8 Å². The second-order valence-electron chi connectivity index (χ2n) is 7.22. The Morgan fingerprint density at radius 3 is 1.97 bits per heavy atom. The van der Waals surface area contributed by atoms with Crippen LogP contribution < -0.4 is 9.44 Å². The third-order valence-electron chi connectivity index (χ3n) is 4.87. The number of nitrogens with one attached hydrogen (secondary N) is 2. The molecule has 0 aromatic heterocycles. The zero-order chi connectivity index (χ0) is 23.6. The average molecular weight is 521 g/mol. The quantitative estimate of drug-likeness (QED) is 0.317. The Morgan fingerprint density at radius 1 is 0.667 bits per heavy atom. The number of fused-ring (bicyclic) bond motifs is 1. The molecule has 0 bridgehead atoms. The lowest BCUT2D eigenvalue weighted by Crippen LogP contribution is -2.16. The van der Waals surface area contributed by atoms with Gasteiger partial charge < -0.3 is 0 Å². The normalized spacial score (nSPS) is 11.9. The van der Waals surface area contributed by atoms with Crippen molar-refractivity contribution in [1.29, 1.82) is 0 Å². The van der Waals surface area contributed by atoms with Gasteiger partial charge in [-0.05, 0) is 47.9 Å².